The van der Waals surface area contributed by atoms with E-state index in [-0.39, 0.29) is 10.8 Å². The van der Waals surface area contributed by atoms with Crippen molar-refractivity contribution in [2.45, 2.75) is 63.6 Å². The Bertz CT molecular complexity index is 1420. The molecule has 4 rings (SSSR count). The molecule has 0 bridgehead atoms. The molecule has 1 aliphatic carbocycles. The number of aryl methyl sites for hydroxylation is 1. The van der Waals surface area contributed by atoms with E-state index >= 15 is 0 Å². The van der Waals surface area contributed by atoms with Gasteiger partial charge in [-0.05, 0) is 0 Å². The molecule has 4 heteroatoms. The Kier molecular flexibility index (Phi) is 10.3. The predicted octanol–water partition coefficient (Wildman–Crippen LogP) is 8.95. The summed E-state index contributed by atoms with van der Waals surface area (Å²) in [5, 5.41) is 0. The van der Waals surface area contributed by atoms with Gasteiger partial charge < -0.3 is 0 Å². The van der Waals surface area contributed by atoms with Crippen LogP contribution in [-0.2, 0) is 15.6 Å². The molecule has 3 nitrogen and oxygen atoms in total. The first kappa shape index (κ1) is 32.7. The zero-order chi connectivity index (χ0) is 30.8. The number of allylic oxidation sites excluding steroid dienone is 4. The topological polar surface area (TPSA) is 15.7 Å². The Balaban J connectivity index is 1.91. The van der Waals surface area contributed by atoms with Crippen LogP contribution in [0, 0.1) is 39.6 Å². The van der Waals surface area contributed by atoms with Crippen molar-refractivity contribution in [3.63, 3.8) is 0 Å². The number of ether oxygens (including phenoxy) is 1. The summed E-state index contributed by atoms with van der Waals surface area (Å²) >= 11 is -1.92. The molecule has 0 spiro atoms. The van der Waals surface area contributed by atoms with Crippen LogP contribution in [0.2, 0.25) is 0 Å². The van der Waals surface area contributed by atoms with Crippen LogP contribution in [0.5, 0.6) is 5.75 Å². The summed E-state index contributed by atoms with van der Waals surface area (Å²) in [6.07, 6.45) is 5.92. The van der Waals surface area contributed by atoms with Crippen molar-refractivity contribution >= 4 is 11.4 Å². The van der Waals surface area contributed by atoms with Crippen LogP contribution in [0.3, 0.4) is 0 Å². The Morgan fingerprint density at radius 2 is 1.26 bits per heavy atom. The monoisotopic (exact) mass is 710 g/mol. The van der Waals surface area contributed by atoms with Gasteiger partial charge >= 0.3 is 271 Å². The third-order valence-electron chi connectivity index (χ3n) is 8.27. The van der Waals surface area contributed by atoms with E-state index in [1.54, 1.807) is 7.12 Å². The second-order valence-corrected chi connectivity index (χ2v) is 18.6. The standard InChI is InChI=1S/C20H27O.2C9H12N.Tb/c1-14-12-16(19(2,3)4)18(21-7)17(13-14)20(5,6)15-10-8-9-11-15;2*1-8-6-4-5-7-9(8)10(2)3;/h8-9,12-13H,10H2,1-7H3;2*4-7H,1H2,2-3H3;. The molecule has 3 aromatic carbocycles. The molecule has 1 aliphatic rings. The molecule has 0 unspecified atom stereocenters. The number of anilines is 2. The summed E-state index contributed by atoms with van der Waals surface area (Å²) in [6.45, 7) is 14.0. The number of para-hydroxylation sites is 2. The molecule has 0 saturated heterocycles. The van der Waals surface area contributed by atoms with Crippen LogP contribution >= 0.6 is 0 Å². The Labute approximate surface area is 268 Å². The predicted molar refractivity (Wildman–Crippen MR) is 179 cm³/mol. The average molecular weight is 711 g/mol. The fourth-order valence-corrected chi connectivity index (χ4v) is 12.9. The molecule has 0 aromatic heterocycles. The molecule has 3 aromatic rings. The molecule has 42 heavy (non-hydrogen) atoms. The number of hydrogen-bond acceptors (Lipinski definition) is 3. The molecular formula is C38H51N2OTb. The second kappa shape index (κ2) is 13.2. The van der Waals surface area contributed by atoms with E-state index in [9.17, 15) is 0 Å². The SMILES string of the molecule is COc1c(C(C)(C)C)cc(C)cc1C(C)(C)C1=[C]([Tb]([CH2]c2ccccc2N(C)C)[CH2]c2ccccc2N(C)C)C=CC1. The van der Waals surface area contributed by atoms with Crippen LogP contribution in [0.4, 0.5) is 11.4 Å². The summed E-state index contributed by atoms with van der Waals surface area (Å²) in [5.74, 6) is 1.05. The summed E-state index contributed by atoms with van der Waals surface area (Å²) in [5.41, 5.74) is 10.9. The van der Waals surface area contributed by atoms with Gasteiger partial charge in [0.1, 0.15) is 0 Å². The van der Waals surface area contributed by atoms with Crippen LogP contribution < -0.4 is 14.5 Å². The molecule has 228 valence electrons. The number of nitrogens with zero attached hydrogens (tertiary/aromatic N) is 2. The van der Waals surface area contributed by atoms with Gasteiger partial charge in [0.2, 0.25) is 0 Å². The molecule has 0 radical (unpaired) electrons. The Hall–Kier alpha value is -2.17. The van der Waals surface area contributed by atoms with Crippen molar-refractivity contribution in [1.82, 2.24) is 0 Å². The van der Waals surface area contributed by atoms with Gasteiger partial charge in [-0.2, -0.15) is 0 Å². The summed E-state index contributed by atoms with van der Waals surface area (Å²) < 4.78 is 10.2. The average Bonchev–Trinajstić information content (AvgIpc) is 3.43. The Morgan fingerprint density at radius 3 is 1.74 bits per heavy atom. The van der Waals surface area contributed by atoms with Crippen molar-refractivity contribution in [1.29, 1.82) is 0 Å². The van der Waals surface area contributed by atoms with Gasteiger partial charge in [-0.3, -0.25) is 0 Å². The van der Waals surface area contributed by atoms with Gasteiger partial charge in [-0.25, -0.2) is 0 Å². The summed E-state index contributed by atoms with van der Waals surface area (Å²) in [7, 11) is 10.5. The van der Waals surface area contributed by atoms with Crippen LogP contribution in [0.25, 0.3) is 0 Å². The third-order valence-corrected chi connectivity index (χ3v) is 14.4. The molecule has 0 aliphatic heterocycles. The zero-order valence-electron chi connectivity index (χ0n) is 27.7. The number of methoxy groups -OCH3 is 1. The molecule has 0 atom stereocenters. The van der Waals surface area contributed by atoms with Gasteiger partial charge in [0, 0.05) is 0 Å². The van der Waals surface area contributed by atoms with E-state index in [0.29, 0.717) is 0 Å². The molecule has 0 heterocycles. The van der Waals surface area contributed by atoms with Crippen molar-refractivity contribution in [3.05, 3.63) is 108 Å². The normalized spacial score (nSPS) is 13.9. The van der Waals surface area contributed by atoms with Crippen molar-refractivity contribution in [2.75, 3.05) is 45.1 Å². The number of benzene rings is 3. The minimum atomic E-state index is -1.92. The van der Waals surface area contributed by atoms with Crippen molar-refractivity contribution < 1.29 is 37.4 Å². The van der Waals surface area contributed by atoms with E-state index in [2.05, 4.69) is 152 Å². The van der Waals surface area contributed by atoms with Gasteiger partial charge in [0.05, 0.1) is 0 Å². The second-order valence-electron chi connectivity index (χ2n) is 13.4. The van der Waals surface area contributed by atoms with Crippen molar-refractivity contribution in [3.8, 4) is 5.75 Å². The minimum absolute atomic E-state index is 0.00184. The van der Waals surface area contributed by atoms with Gasteiger partial charge in [0.15, 0.2) is 0 Å². The summed E-state index contributed by atoms with van der Waals surface area (Å²) in [4.78, 5) is 4.54. The first-order valence-corrected chi connectivity index (χ1v) is 19.0. The van der Waals surface area contributed by atoms with Crippen LogP contribution in [0.1, 0.15) is 68.9 Å². The first-order chi connectivity index (χ1) is 19.8. The maximum absolute atomic E-state index is 6.23. The summed E-state index contributed by atoms with van der Waals surface area (Å²) in [6, 6.07) is 22.7. The van der Waals surface area contributed by atoms with Crippen molar-refractivity contribution in [2.24, 2.45) is 0 Å². The molecule has 0 amide bonds. The van der Waals surface area contributed by atoms with E-state index in [0.717, 1.165) is 17.0 Å². The maximum atomic E-state index is 6.23. The molecule has 0 saturated carbocycles. The fraction of sp³-hybridized carbons (Fsp3) is 0.421. The van der Waals surface area contributed by atoms with E-state index in [1.807, 2.05) is 7.11 Å². The third kappa shape index (κ3) is 6.96. The quantitative estimate of drug-likeness (QED) is 0.209. The molecule has 0 N–H and O–H groups in total. The molecular weight excluding hydrogens is 659 g/mol. The van der Waals surface area contributed by atoms with Crippen LogP contribution in [-0.4, -0.2) is 35.3 Å². The number of hydrogen-bond donors (Lipinski definition) is 0. The molecule has 0 fully saturated rings. The van der Waals surface area contributed by atoms with Gasteiger partial charge in [0.25, 0.3) is 0 Å². The van der Waals surface area contributed by atoms with Gasteiger partial charge in [-0.15, -0.1) is 0 Å². The van der Waals surface area contributed by atoms with E-state index < -0.39 is 32.7 Å². The first-order valence-electron chi connectivity index (χ1n) is 14.9. The van der Waals surface area contributed by atoms with E-state index in [1.165, 1.54) is 39.2 Å². The zero-order valence-corrected chi connectivity index (χ0v) is 29.8. The number of rotatable bonds is 10. The van der Waals surface area contributed by atoms with Crippen LogP contribution in [0.15, 0.2) is 79.9 Å². The van der Waals surface area contributed by atoms with Gasteiger partial charge in [-0.1, -0.05) is 0 Å². The van der Waals surface area contributed by atoms with E-state index in [4.69, 9.17) is 4.74 Å². The Morgan fingerprint density at radius 1 is 0.762 bits per heavy atom. The fourth-order valence-electron chi connectivity index (χ4n) is 5.97.